The van der Waals surface area contributed by atoms with Crippen molar-refractivity contribution in [1.82, 2.24) is 0 Å². The Hall–Kier alpha value is -6.09. The lowest BCUT2D eigenvalue weighted by atomic mass is 9.89. The second-order valence-corrected chi connectivity index (χ2v) is 13.7. The fourth-order valence-electron chi connectivity index (χ4n) is 5.93. The van der Waals surface area contributed by atoms with E-state index in [1.807, 2.05) is 113 Å². The van der Waals surface area contributed by atoms with E-state index < -0.39 is 11.5 Å². The van der Waals surface area contributed by atoms with Gasteiger partial charge in [-0.25, -0.2) is 0 Å². The van der Waals surface area contributed by atoms with Crippen LogP contribution in [-0.2, 0) is 6.42 Å². The first-order valence-electron chi connectivity index (χ1n) is 17.8. The molecule has 0 bridgehead atoms. The number of hydrogen-bond acceptors (Lipinski definition) is 5. The smallest absolute Gasteiger partial charge is 0.174 e. The molecule has 5 aromatic rings. The number of anilines is 1. The van der Waals surface area contributed by atoms with E-state index in [1.54, 1.807) is 24.8 Å². The van der Waals surface area contributed by atoms with Crippen LogP contribution in [0.1, 0.15) is 48.6 Å². The van der Waals surface area contributed by atoms with Crippen LogP contribution >= 0.6 is 11.8 Å². The van der Waals surface area contributed by atoms with Crippen LogP contribution < -0.4 is 5.32 Å². The highest BCUT2D eigenvalue weighted by Crippen LogP contribution is 2.39. The molecule has 5 heteroatoms. The maximum Gasteiger partial charge on any atom is 0.174 e. The number of nitrogens with one attached hydrogen (secondary N) is 1. The van der Waals surface area contributed by atoms with Crippen molar-refractivity contribution in [3.63, 3.8) is 0 Å². The molecule has 274 valence electrons. The van der Waals surface area contributed by atoms with Gasteiger partial charge in [-0.15, -0.1) is 24.1 Å². The Morgan fingerprint density at radius 2 is 1.52 bits per heavy atom. The van der Waals surface area contributed by atoms with Crippen molar-refractivity contribution >= 4 is 50.1 Å². The van der Waals surface area contributed by atoms with E-state index in [-0.39, 0.29) is 11.3 Å². The molecular weight excluding hydrogens is 683 g/mol. The molecule has 0 amide bonds. The molecule has 0 unspecified atom stereocenters. The zero-order valence-corrected chi connectivity index (χ0v) is 32.5. The summed E-state index contributed by atoms with van der Waals surface area (Å²) in [6.45, 7) is 13.0. The number of fused-ring (bicyclic) bond motifs is 4. The van der Waals surface area contributed by atoms with Gasteiger partial charge in [0.15, 0.2) is 11.5 Å². The zero-order chi connectivity index (χ0) is 39.0. The zero-order valence-electron chi connectivity index (χ0n) is 31.7. The topological polar surface area (TPSA) is 72.7 Å². The Morgan fingerprint density at radius 1 is 0.833 bits per heavy atom. The average molecular weight is 732 g/mol. The quantitative estimate of drug-likeness (QED) is 0.0581. The predicted octanol–water partition coefficient (Wildman–Crippen LogP) is 13.5. The number of aryl methyl sites for hydroxylation is 2. The van der Waals surface area contributed by atoms with Crippen LogP contribution in [0.4, 0.5) is 5.69 Å². The van der Waals surface area contributed by atoms with Gasteiger partial charge in [0.25, 0.3) is 0 Å². The van der Waals surface area contributed by atoms with Gasteiger partial charge < -0.3 is 20.6 Å². The molecule has 4 nitrogen and oxygen atoms in total. The molecule has 0 aromatic heterocycles. The standard InChI is InChI=1S/C41H37NO3S.C5H8.C3H4/c1-26-17-18-29(22-27(26)2)28(3)40(44)39(36-24-30-12-7-8-14-33(30)34-15-9-10-16-35(34)36)41(45)37(43)25-42-32-19-20-38-31(23-32)13-6-4-5-11-21-46-38;1-3-5-4-2;1-3-2/h4-12,14-20,22-25,42-45H,13,21H2,1-3H3;3-5H,1H2,2H3;1H,2H3/b6-4-,11-5-,37-25-,40-28+,41-39+;5-4-;. The minimum atomic E-state index is -0.430. The molecule has 0 saturated carbocycles. The van der Waals surface area contributed by atoms with E-state index in [1.165, 1.54) is 16.7 Å². The highest BCUT2D eigenvalue weighted by atomic mass is 32.2. The van der Waals surface area contributed by atoms with Gasteiger partial charge in [-0.2, -0.15) is 0 Å². The van der Waals surface area contributed by atoms with Crippen molar-refractivity contribution in [2.75, 3.05) is 11.1 Å². The SMILES string of the molecule is C#CC.C/C(=C(O)/C(=C(O)\C(O)=C\Nc1ccc2c(c1)C/C=C\C=C/CS2)c1cc2ccccc2c2ccccc12)c1ccc(C)c(C)c1.C=C/C=C\C. The van der Waals surface area contributed by atoms with E-state index in [2.05, 4.69) is 66.7 Å². The Bertz CT molecular complexity index is 2350. The van der Waals surface area contributed by atoms with E-state index >= 15 is 0 Å². The minimum Gasteiger partial charge on any atom is -0.507 e. The number of allylic oxidation sites excluding steroid dienone is 8. The van der Waals surface area contributed by atoms with E-state index in [0.29, 0.717) is 11.1 Å². The number of aliphatic hydroxyl groups is 3. The lowest BCUT2D eigenvalue weighted by molar-refractivity contribution is 0.325. The number of thioether (sulfide) groups is 1. The Kier molecular flexibility index (Phi) is 15.2. The van der Waals surface area contributed by atoms with Crippen LogP contribution in [0.25, 0.3) is 32.7 Å². The Morgan fingerprint density at radius 3 is 2.20 bits per heavy atom. The molecule has 1 aliphatic rings. The molecule has 0 fully saturated rings. The fraction of sp³-hybridized carbons (Fsp3) is 0.143. The molecule has 1 heterocycles. The monoisotopic (exact) mass is 731 g/mol. The van der Waals surface area contributed by atoms with Gasteiger partial charge in [-0.3, -0.25) is 0 Å². The third-order valence-corrected chi connectivity index (χ3v) is 9.94. The Labute approximate surface area is 325 Å². The van der Waals surface area contributed by atoms with Crippen LogP contribution in [0, 0.1) is 26.2 Å². The molecule has 6 rings (SSSR count). The highest BCUT2D eigenvalue weighted by molar-refractivity contribution is 7.99. The molecule has 0 atom stereocenters. The molecular formula is C49H49NO3S. The summed E-state index contributed by atoms with van der Waals surface area (Å²) in [7, 11) is 0. The molecule has 1 aliphatic heterocycles. The van der Waals surface area contributed by atoms with Gasteiger partial charge in [-0.05, 0) is 120 Å². The summed E-state index contributed by atoms with van der Waals surface area (Å²) in [5, 5.41) is 42.2. The van der Waals surface area contributed by atoms with E-state index in [9.17, 15) is 15.3 Å². The van der Waals surface area contributed by atoms with E-state index in [4.69, 9.17) is 0 Å². The van der Waals surface area contributed by atoms with Crippen molar-refractivity contribution in [2.45, 2.75) is 45.9 Å². The lowest BCUT2D eigenvalue weighted by Gasteiger charge is -2.18. The molecule has 0 aliphatic carbocycles. The van der Waals surface area contributed by atoms with Crippen molar-refractivity contribution < 1.29 is 15.3 Å². The average Bonchev–Trinajstić information content (AvgIpc) is 3.30. The summed E-state index contributed by atoms with van der Waals surface area (Å²) in [5.41, 5.74) is 6.38. The summed E-state index contributed by atoms with van der Waals surface area (Å²) < 4.78 is 0. The minimum absolute atomic E-state index is 0.115. The number of aliphatic hydroxyl groups excluding tert-OH is 3. The normalized spacial score (nSPS) is 14.6. The van der Waals surface area contributed by atoms with Crippen molar-refractivity contribution in [3.05, 3.63) is 191 Å². The molecule has 4 N–H and O–H groups in total. The fourth-order valence-corrected chi connectivity index (χ4v) is 6.81. The van der Waals surface area contributed by atoms with Gasteiger partial charge in [0.1, 0.15) is 5.76 Å². The second kappa shape index (κ2) is 20.2. The van der Waals surface area contributed by atoms with Gasteiger partial charge in [-0.1, -0.05) is 116 Å². The molecule has 0 saturated heterocycles. The van der Waals surface area contributed by atoms with E-state index in [0.717, 1.165) is 56.1 Å². The molecule has 54 heavy (non-hydrogen) atoms. The number of rotatable bonds is 7. The maximum atomic E-state index is 12.0. The van der Waals surface area contributed by atoms with Crippen molar-refractivity contribution in [3.8, 4) is 12.3 Å². The largest absolute Gasteiger partial charge is 0.507 e. The van der Waals surface area contributed by atoms with Crippen LogP contribution in [0.2, 0.25) is 0 Å². The van der Waals surface area contributed by atoms with Crippen molar-refractivity contribution in [2.24, 2.45) is 0 Å². The summed E-state index contributed by atoms with van der Waals surface area (Å²) in [4.78, 5) is 1.21. The van der Waals surface area contributed by atoms with Crippen LogP contribution in [0.5, 0.6) is 0 Å². The summed E-state index contributed by atoms with van der Waals surface area (Å²) in [6, 6.07) is 30.0. The third-order valence-electron chi connectivity index (χ3n) is 8.87. The number of benzene rings is 5. The van der Waals surface area contributed by atoms with Crippen LogP contribution in [0.3, 0.4) is 0 Å². The van der Waals surface area contributed by atoms with Crippen LogP contribution in [-0.4, -0.2) is 21.1 Å². The van der Waals surface area contributed by atoms with Gasteiger partial charge in [0, 0.05) is 22.5 Å². The molecule has 5 aromatic carbocycles. The Balaban J connectivity index is 0.000000741. The summed E-state index contributed by atoms with van der Waals surface area (Å²) in [6.07, 6.45) is 20.7. The second-order valence-electron chi connectivity index (χ2n) is 12.6. The first-order chi connectivity index (χ1) is 26.1. The predicted molar refractivity (Wildman–Crippen MR) is 235 cm³/mol. The summed E-state index contributed by atoms with van der Waals surface area (Å²) in [5.74, 6) is 2.21. The van der Waals surface area contributed by atoms with Gasteiger partial charge in [0.2, 0.25) is 0 Å². The highest BCUT2D eigenvalue weighted by Gasteiger charge is 2.22. The lowest BCUT2D eigenvalue weighted by Crippen LogP contribution is -2.03. The van der Waals surface area contributed by atoms with Crippen LogP contribution in [0.15, 0.2) is 168 Å². The first kappa shape index (κ1) is 40.7. The maximum absolute atomic E-state index is 12.0. The van der Waals surface area contributed by atoms with Gasteiger partial charge >= 0.3 is 0 Å². The first-order valence-corrected chi connectivity index (χ1v) is 18.8. The number of hydrogen-bond donors (Lipinski definition) is 4. The third kappa shape index (κ3) is 10.3. The summed E-state index contributed by atoms with van der Waals surface area (Å²) >= 11 is 1.78. The number of terminal acetylenes is 1. The molecule has 0 spiro atoms. The van der Waals surface area contributed by atoms with Crippen molar-refractivity contribution in [1.29, 1.82) is 0 Å². The molecule has 0 radical (unpaired) electrons. The van der Waals surface area contributed by atoms with Gasteiger partial charge in [0.05, 0.1) is 5.57 Å².